The van der Waals surface area contributed by atoms with Crippen molar-refractivity contribution < 1.29 is 9.59 Å². The standard InChI is InChI=1S/C11H23N3O2/c1-7(2)6-13-11(16)9(5-10(12)15)14-8(3)4/h7-9,14H,5-6H2,1-4H3,(H2,12,15)(H,13,16). The Morgan fingerprint density at radius 3 is 2.12 bits per heavy atom. The van der Waals surface area contributed by atoms with Crippen LogP contribution in [-0.2, 0) is 9.59 Å². The molecule has 0 saturated heterocycles. The molecule has 2 amide bonds. The summed E-state index contributed by atoms with van der Waals surface area (Å²) < 4.78 is 0. The summed E-state index contributed by atoms with van der Waals surface area (Å²) in [5, 5.41) is 5.81. The zero-order valence-corrected chi connectivity index (χ0v) is 10.5. The van der Waals surface area contributed by atoms with Crippen LogP contribution in [0, 0.1) is 5.92 Å². The van der Waals surface area contributed by atoms with Gasteiger partial charge < -0.3 is 16.4 Å². The van der Waals surface area contributed by atoms with Crippen molar-refractivity contribution >= 4 is 11.8 Å². The Balaban J connectivity index is 4.26. The minimum absolute atomic E-state index is 0.0299. The van der Waals surface area contributed by atoms with Crippen molar-refractivity contribution in [3.8, 4) is 0 Å². The molecule has 5 heteroatoms. The first kappa shape index (κ1) is 14.9. The van der Waals surface area contributed by atoms with E-state index in [1.165, 1.54) is 0 Å². The van der Waals surface area contributed by atoms with Crippen LogP contribution in [0.4, 0.5) is 0 Å². The molecule has 0 bridgehead atoms. The Bertz CT molecular complexity index is 239. The minimum atomic E-state index is -0.531. The number of rotatable bonds is 7. The molecule has 0 rings (SSSR count). The van der Waals surface area contributed by atoms with Gasteiger partial charge in [0.2, 0.25) is 11.8 Å². The summed E-state index contributed by atoms with van der Waals surface area (Å²) in [5.41, 5.74) is 5.10. The van der Waals surface area contributed by atoms with E-state index in [9.17, 15) is 9.59 Å². The SMILES string of the molecule is CC(C)CNC(=O)C(CC(N)=O)NC(C)C. The first-order chi connectivity index (χ1) is 7.32. The number of carbonyl (C=O) groups is 2. The molecule has 0 fully saturated rings. The quantitative estimate of drug-likeness (QED) is 0.574. The Kier molecular flexibility index (Phi) is 6.72. The van der Waals surface area contributed by atoms with E-state index in [4.69, 9.17) is 5.73 Å². The second-order valence-electron chi connectivity index (χ2n) is 4.68. The molecule has 1 unspecified atom stereocenters. The average Bonchev–Trinajstić information content (AvgIpc) is 2.11. The zero-order chi connectivity index (χ0) is 12.7. The summed E-state index contributed by atoms with van der Waals surface area (Å²) >= 11 is 0. The van der Waals surface area contributed by atoms with Gasteiger partial charge in [-0.1, -0.05) is 27.7 Å². The minimum Gasteiger partial charge on any atom is -0.370 e. The molecule has 0 heterocycles. The van der Waals surface area contributed by atoms with Crippen LogP contribution in [0.5, 0.6) is 0 Å². The fourth-order valence-electron chi connectivity index (χ4n) is 1.26. The Hall–Kier alpha value is -1.10. The lowest BCUT2D eigenvalue weighted by atomic mass is 10.1. The predicted octanol–water partition coefficient (Wildman–Crippen LogP) is 0.000600. The summed E-state index contributed by atoms with van der Waals surface area (Å²) in [4.78, 5) is 22.6. The molecule has 0 aliphatic heterocycles. The van der Waals surface area contributed by atoms with Gasteiger partial charge in [-0.2, -0.15) is 0 Å². The van der Waals surface area contributed by atoms with E-state index in [-0.39, 0.29) is 18.4 Å². The maximum absolute atomic E-state index is 11.7. The van der Waals surface area contributed by atoms with Crippen LogP contribution >= 0.6 is 0 Å². The summed E-state index contributed by atoms with van der Waals surface area (Å²) in [7, 11) is 0. The van der Waals surface area contributed by atoms with Gasteiger partial charge in [-0.25, -0.2) is 0 Å². The smallest absolute Gasteiger partial charge is 0.237 e. The molecule has 0 aromatic rings. The Morgan fingerprint density at radius 1 is 1.19 bits per heavy atom. The van der Waals surface area contributed by atoms with Crippen molar-refractivity contribution in [2.45, 2.75) is 46.2 Å². The van der Waals surface area contributed by atoms with E-state index in [0.717, 1.165) is 0 Å². The van der Waals surface area contributed by atoms with Crippen LogP contribution in [0.1, 0.15) is 34.1 Å². The Labute approximate surface area is 97.2 Å². The fourth-order valence-corrected chi connectivity index (χ4v) is 1.26. The molecule has 1 atom stereocenters. The van der Waals surface area contributed by atoms with Crippen LogP contribution in [0.15, 0.2) is 0 Å². The van der Waals surface area contributed by atoms with E-state index in [1.807, 2.05) is 27.7 Å². The van der Waals surface area contributed by atoms with Crippen LogP contribution in [0.25, 0.3) is 0 Å². The van der Waals surface area contributed by atoms with E-state index in [2.05, 4.69) is 10.6 Å². The highest BCUT2D eigenvalue weighted by Crippen LogP contribution is 1.96. The van der Waals surface area contributed by atoms with Gasteiger partial charge in [-0.3, -0.25) is 9.59 Å². The highest BCUT2D eigenvalue weighted by molar-refractivity contribution is 5.87. The molecule has 0 aliphatic rings. The number of nitrogens with one attached hydrogen (secondary N) is 2. The van der Waals surface area contributed by atoms with Crippen molar-refractivity contribution in [1.82, 2.24) is 10.6 Å². The summed E-state index contributed by atoms with van der Waals surface area (Å²) in [6.45, 7) is 8.47. The van der Waals surface area contributed by atoms with Crippen LogP contribution < -0.4 is 16.4 Å². The van der Waals surface area contributed by atoms with Gasteiger partial charge in [-0.15, -0.1) is 0 Å². The van der Waals surface area contributed by atoms with E-state index in [1.54, 1.807) is 0 Å². The second-order valence-corrected chi connectivity index (χ2v) is 4.68. The van der Waals surface area contributed by atoms with E-state index >= 15 is 0 Å². The number of nitrogens with two attached hydrogens (primary N) is 1. The van der Waals surface area contributed by atoms with Gasteiger partial charge in [-0.05, 0) is 5.92 Å². The van der Waals surface area contributed by atoms with Crippen molar-refractivity contribution in [2.75, 3.05) is 6.54 Å². The maximum Gasteiger partial charge on any atom is 0.237 e. The molecule has 0 aromatic carbocycles. The molecular weight excluding hydrogens is 206 g/mol. The molecular formula is C11H23N3O2. The van der Waals surface area contributed by atoms with Gasteiger partial charge in [0.05, 0.1) is 12.5 Å². The molecule has 0 spiro atoms. The molecule has 0 saturated carbocycles. The van der Waals surface area contributed by atoms with Crippen molar-refractivity contribution in [1.29, 1.82) is 0 Å². The van der Waals surface area contributed by atoms with Gasteiger partial charge in [0.1, 0.15) is 0 Å². The number of hydrogen-bond donors (Lipinski definition) is 3. The first-order valence-corrected chi connectivity index (χ1v) is 5.65. The lowest BCUT2D eigenvalue weighted by Gasteiger charge is -2.20. The second kappa shape index (κ2) is 7.22. The van der Waals surface area contributed by atoms with Crippen LogP contribution in [-0.4, -0.2) is 30.4 Å². The maximum atomic E-state index is 11.7. The molecule has 0 aromatic heterocycles. The summed E-state index contributed by atoms with van der Waals surface area (Å²) in [6.07, 6.45) is 0.0299. The van der Waals surface area contributed by atoms with Gasteiger partial charge in [0.15, 0.2) is 0 Å². The molecule has 16 heavy (non-hydrogen) atoms. The molecule has 94 valence electrons. The fraction of sp³-hybridized carbons (Fsp3) is 0.818. The number of primary amides is 1. The highest BCUT2D eigenvalue weighted by atomic mass is 16.2. The van der Waals surface area contributed by atoms with Crippen molar-refractivity contribution in [3.05, 3.63) is 0 Å². The molecule has 5 nitrogen and oxygen atoms in total. The lowest BCUT2D eigenvalue weighted by molar-refractivity contribution is -0.127. The third-order valence-corrected chi connectivity index (χ3v) is 1.94. The number of amides is 2. The molecule has 0 aliphatic carbocycles. The zero-order valence-electron chi connectivity index (χ0n) is 10.5. The van der Waals surface area contributed by atoms with Crippen LogP contribution in [0.2, 0.25) is 0 Å². The highest BCUT2D eigenvalue weighted by Gasteiger charge is 2.20. The summed E-state index contributed by atoms with van der Waals surface area (Å²) in [6, 6.07) is -0.398. The first-order valence-electron chi connectivity index (χ1n) is 5.65. The van der Waals surface area contributed by atoms with Gasteiger partial charge in [0, 0.05) is 12.6 Å². The third-order valence-electron chi connectivity index (χ3n) is 1.94. The number of carbonyl (C=O) groups excluding carboxylic acids is 2. The topological polar surface area (TPSA) is 84.2 Å². The normalized spacial score (nSPS) is 12.9. The van der Waals surface area contributed by atoms with Gasteiger partial charge in [0.25, 0.3) is 0 Å². The predicted molar refractivity (Wildman–Crippen MR) is 63.7 cm³/mol. The largest absolute Gasteiger partial charge is 0.370 e. The molecule has 0 radical (unpaired) electrons. The van der Waals surface area contributed by atoms with Crippen molar-refractivity contribution in [3.63, 3.8) is 0 Å². The molecule has 4 N–H and O–H groups in total. The van der Waals surface area contributed by atoms with E-state index < -0.39 is 11.9 Å². The van der Waals surface area contributed by atoms with E-state index in [0.29, 0.717) is 12.5 Å². The van der Waals surface area contributed by atoms with Crippen molar-refractivity contribution in [2.24, 2.45) is 11.7 Å². The van der Waals surface area contributed by atoms with Crippen LogP contribution in [0.3, 0.4) is 0 Å². The third kappa shape index (κ3) is 7.23. The summed E-state index contributed by atoms with van der Waals surface area (Å²) in [5.74, 6) is -0.253. The van der Waals surface area contributed by atoms with Gasteiger partial charge >= 0.3 is 0 Å². The monoisotopic (exact) mass is 229 g/mol. The average molecular weight is 229 g/mol. The number of hydrogen-bond acceptors (Lipinski definition) is 3. The lowest BCUT2D eigenvalue weighted by Crippen LogP contribution is -2.49. The Morgan fingerprint density at radius 2 is 1.75 bits per heavy atom.